The van der Waals surface area contributed by atoms with E-state index in [0.717, 1.165) is 81.5 Å². The highest BCUT2D eigenvalue weighted by Gasteiger charge is 2.18. The molecule has 6 nitrogen and oxygen atoms in total. The molecule has 38 heavy (non-hydrogen) atoms. The van der Waals surface area contributed by atoms with Crippen LogP contribution in [0.3, 0.4) is 0 Å². The lowest BCUT2D eigenvalue weighted by atomic mass is 10.0. The summed E-state index contributed by atoms with van der Waals surface area (Å²) < 4.78 is 0. The number of hydrogen-bond acceptors (Lipinski definition) is 5. The lowest BCUT2D eigenvalue weighted by molar-refractivity contribution is 0.281. The SMILES string of the molecule is CCN(CC)Cc1cc(Nc2c3ccccc3nc3c2[nH]c2ccccc23)cc(CN(CC)CC)c1O.Cl. The molecule has 0 radical (unpaired) electrons. The van der Waals surface area contributed by atoms with E-state index in [-0.39, 0.29) is 12.4 Å². The maximum Gasteiger partial charge on any atom is 0.124 e. The number of hydrogen-bond donors (Lipinski definition) is 3. The van der Waals surface area contributed by atoms with Crippen molar-refractivity contribution in [2.45, 2.75) is 40.8 Å². The van der Waals surface area contributed by atoms with Crippen molar-refractivity contribution in [3.05, 3.63) is 71.8 Å². The highest BCUT2D eigenvalue weighted by molar-refractivity contribution is 6.16. The number of halogens is 1. The van der Waals surface area contributed by atoms with Gasteiger partial charge in [-0.1, -0.05) is 64.1 Å². The summed E-state index contributed by atoms with van der Waals surface area (Å²) in [5.41, 5.74) is 7.84. The average Bonchev–Trinajstić information content (AvgIpc) is 3.30. The fourth-order valence-electron chi connectivity index (χ4n) is 5.19. The first-order valence-electron chi connectivity index (χ1n) is 13.4. The number of rotatable bonds is 10. The zero-order valence-corrected chi connectivity index (χ0v) is 23.5. The number of anilines is 2. The van der Waals surface area contributed by atoms with E-state index in [4.69, 9.17) is 4.98 Å². The smallest absolute Gasteiger partial charge is 0.124 e. The van der Waals surface area contributed by atoms with Crippen molar-refractivity contribution in [2.24, 2.45) is 0 Å². The fraction of sp³-hybridized carbons (Fsp3) is 0.323. The molecule has 0 bridgehead atoms. The van der Waals surface area contributed by atoms with E-state index in [1.807, 2.05) is 12.1 Å². The molecule has 2 heterocycles. The second kappa shape index (κ2) is 12.0. The van der Waals surface area contributed by atoms with E-state index in [1.165, 1.54) is 0 Å². The molecule has 0 amide bonds. The lowest BCUT2D eigenvalue weighted by Crippen LogP contribution is -2.24. The highest BCUT2D eigenvalue weighted by Crippen LogP contribution is 2.38. The van der Waals surface area contributed by atoms with Gasteiger partial charge in [-0.2, -0.15) is 0 Å². The van der Waals surface area contributed by atoms with Gasteiger partial charge in [0.1, 0.15) is 5.75 Å². The molecule has 5 rings (SSSR count). The normalized spacial score (nSPS) is 11.6. The minimum atomic E-state index is 0. The molecule has 3 aromatic carbocycles. The van der Waals surface area contributed by atoms with E-state index in [9.17, 15) is 5.11 Å². The predicted molar refractivity (Wildman–Crippen MR) is 163 cm³/mol. The Morgan fingerprint density at radius 3 is 1.95 bits per heavy atom. The quantitative estimate of drug-likeness (QED) is 0.164. The molecule has 0 atom stereocenters. The summed E-state index contributed by atoms with van der Waals surface area (Å²) in [5, 5.41) is 17.2. The minimum Gasteiger partial charge on any atom is -0.507 e. The van der Waals surface area contributed by atoms with Crippen molar-refractivity contribution in [1.82, 2.24) is 19.8 Å². The number of nitrogens with zero attached hydrogens (tertiary/aromatic N) is 3. The van der Waals surface area contributed by atoms with Gasteiger partial charge in [0.15, 0.2) is 0 Å². The van der Waals surface area contributed by atoms with E-state index < -0.39 is 0 Å². The molecule has 200 valence electrons. The molecule has 3 N–H and O–H groups in total. The van der Waals surface area contributed by atoms with Gasteiger partial charge in [-0.15, -0.1) is 12.4 Å². The number of phenolic OH excluding ortho intramolecular Hbond substituents is 1. The first-order chi connectivity index (χ1) is 18.1. The third-order valence-corrected chi connectivity index (χ3v) is 7.45. The number of para-hydroxylation sites is 2. The number of fused-ring (bicyclic) bond motifs is 4. The van der Waals surface area contributed by atoms with Gasteiger partial charge >= 0.3 is 0 Å². The van der Waals surface area contributed by atoms with Crippen molar-refractivity contribution in [2.75, 3.05) is 31.5 Å². The highest BCUT2D eigenvalue weighted by atomic mass is 35.5. The number of aromatic nitrogens is 2. The van der Waals surface area contributed by atoms with Crippen LogP contribution in [0.15, 0.2) is 60.7 Å². The molecule has 5 aromatic rings. The molecule has 0 fully saturated rings. The number of phenols is 1. The van der Waals surface area contributed by atoms with Crippen molar-refractivity contribution in [3.8, 4) is 5.75 Å². The lowest BCUT2D eigenvalue weighted by Gasteiger charge is -2.24. The first-order valence-corrected chi connectivity index (χ1v) is 13.4. The van der Waals surface area contributed by atoms with Crippen LogP contribution in [0, 0.1) is 0 Å². The summed E-state index contributed by atoms with van der Waals surface area (Å²) in [5.74, 6) is 0.402. The van der Waals surface area contributed by atoms with Crippen LogP contribution in [0.2, 0.25) is 0 Å². The summed E-state index contributed by atoms with van der Waals surface area (Å²) >= 11 is 0. The van der Waals surface area contributed by atoms with Gasteiger partial charge < -0.3 is 15.4 Å². The maximum atomic E-state index is 11.3. The number of H-pyrrole nitrogens is 1. The third kappa shape index (κ3) is 5.30. The molecule has 0 unspecified atom stereocenters. The largest absolute Gasteiger partial charge is 0.507 e. The van der Waals surface area contributed by atoms with Crippen molar-refractivity contribution in [1.29, 1.82) is 0 Å². The van der Waals surface area contributed by atoms with Gasteiger partial charge in [0, 0.05) is 46.2 Å². The Morgan fingerprint density at radius 2 is 1.34 bits per heavy atom. The fourth-order valence-corrected chi connectivity index (χ4v) is 5.19. The zero-order valence-electron chi connectivity index (χ0n) is 22.7. The van der Waals surface area contributed by atoms with Crippen LogP contribution >= 0.6 is 12.4 Å². The van der Waals surface area contributed by atoms with Gasteiger partial charge in [0.2, 0.25) is 0 Å². The second-order valence-electron chi connectivity index (χ2n) is 9.59. The van der Waals surface area contributed by atoms with Crippen LogP contribution < -0.4 is 5.32 Å². The van der Waals surface area contributed by atoms with Crippen molar-refractivity contribution in [3.63, 3.8) is 0 Å². The van der Waals surface area contributed by atoms with E-state index in [0.29, 0.717) is 18.8 Å². The Bertz CT molecular complexity index is 1500. The van der Waals surface area contributed by atoms with Gasteiger partial charge in [-0.3, -0.25) is 9.80 Å². The molecule has 0 aliphatic heterocycles. The topological polar surface area (TPSA) is 67.4 Å². The number of nitrogens with one attached hydrogen (secondary N) is 2. The Hall–Kier alpha value is -3.32. The van der Waals surface area contributed by atoms with Crippen LogP contribution in [0.4, 0.5) is 11.4 Å². The van der Waals surface area contributed by atoms with Crippen LogP contribution in [0.25, 0.3) is 32.8 Å². The Balaban J connectivity index is 0.00000336. The number of aromatic amines is 1. The minimum absolute atomic E-state index is 0. The van der Waals surface area contributed by atoms with Crippen molar-refractivity contribution < 1.29 is 5.11 Å². The Labute approximate surface area is 231 Å². The van der Waals surface area contributed by atoms with E-state index >= 15 is 0 Å². The molecule has 2 aromatic heterocycles. The number of aromatic hydroxyl groups is 1. The molecule has 0 saturated carbocycles. The van der Waals surface area contributed by atoms with E-state index in [1.54, 1.807) is 0 Å². The summed E-state index contributed by atoms with van der Waals surface area (Å²) in [4.78, 5) is 13.3. The summed E-state index contributed by atoms with van der Waals surface area (Å²) in [7, 11) is 0. The average molecular weight is 532 g/mol. The molecular formula is C31H38ClN5O. The summed E-state index contributed by atoms with van der Waals surface area (Å²) in [6, 6.07) is 20.8. The first kappa shape index (κ1) is 27.7. The van der Waals surface area contributed by atoms with Gasteiger partial charge in [-0.25, -0.2) is 4.98 Å². The standard InChI is InChI=1S/C31H37N5O.ClH/c1-5-35(6-2)19-21-17-23(18-22(31(21)37)20-36(7-3)8-4)32-28-24-13-9-11-15-26(24)33-29-25-14-10-12-16-27(25)34-30(28)29;/h9-18,34,37H,5-8,19-20H2,1-4H3,(H,32,33);1H. The third-order valence-electron chi connectivity index (χ3n) is 7.45. The van der Waals surface area contributed by atoms with Crippen LogP contribution in [-0.4, -0.2) is 51.1 Å². The molecular weight excluding hydrogens is 494 g/mol. The number of pyridine rings is 1. The monoisotopic (exact) mass is 531 g/mol. The maximum absolute atomic E-state index is 11.3. The van der Waals surface area contributed by atoms with Crippen LogP contribution in [0.1, 0.15) is 38.8 Å². The zero-order chi connectivity index (χ0) is 25.9. The van der Waals surface area contributed by atoms with Gasteiger partial charge in [0.05, 0.1) is 22.2 Å². The molecule has 0 spiro atoms. The van der Waals surface area contributed by atoms with Crippen LogP contribution in [0.5, 0.6) is 5.75 Å². The Morgan fingerprint density at radius 1 is 0.789 bits per heavy atom. The molecule has 0 aliphatic rings. The van der Waals surface area contributed by atoms with Gasteiger partial charge in [0.25, 0.3) is 0 Å². The Kier molecular flexibility index (Phi) is 8.77. The van der Waals surface area contributed by atoms with Crippen LogP contribution in [-0.2, 0) is 13.1 Å². The predicted octanol–water partition coefficient (Wildman–Crippen LogP) is 7.42. The second-order valence-corrected chi connectivity index (χ2v) is 9.59. The molecule has 0 aliphatic carbocycles. The summed E-state index contributed by atoms with van der Waals surface area (Å²) in [6.07, 6.45) is 0. The van der Waals surface area contributed by atoms with E-state index in [2.05, 4.69) is 96.3 Å². The van der Waals surface area contributed by atoms with Gasteiger partial charge in [-0.05, 0) is 50.4 Å². The summed E-state index contributed by atoms with van der Waals surface area (Å²) in [6.45, 7) is 13.8. The molecule has 7 heteroatoms. The number of benzene rings is 3. The van der Waals surface area contributed by atoms with Crippen molar-refractivity contribution >= 4 is 56.6 Å². The molecule has 0 saturated heterocycles.